The zero-order valence-corrected chi connectivity index (χ0v) is 17.6. The minimum absolute atomic E-state index is 0.0529. The molecule has 0 spiro atoms. The number of hydrogen-bond acceptors (Lipinski definition) is 8. The van der Waals surface area contributed by atoms with Crippen LogP contribution in [0.4, 0.5) is 5.69 Å². The lowest BCUT2D eigenvalue weighted by Crippen LogP contribution is -2.40. The van der Waals surface area contributed by atoms with E-state index in [1.165, 1.54) is 5.56 Å². The van der Waals surface area contributed by atoms with Gasteiger partial charge < -0.3 is 24.4 Å². The summed E-state index contributed by atoms with van der Waals surface area (Å²) in [6.07, 6.45) is -0.185. The van der Waals surface area contributed by atoms with Crippen LogP contribution in [0.5, 0.6) is 11.8 Å². The van der Waals surface area contributed by atoms with Crippen molar-refractivity contribution >= 4 is 5.69 Å². The highest BCUT2D eigenvalue weighted by Gasteiger charge is 2.49. The van der Waals surface area contributed by atoms with Crippen molar-refractivity contribution in [2.24, 2.45) is 0 Å². The van der Waals surface area contributed by atoms with Gasteiger partial charge in [-0.25, -0.2) is 0 Å². The maximum Gasteiger partial charge on any atom is 0.341 e. The van der Waals surface area contributed by atoms with E-state index in [2.05, 4.69) is 33.0 Å². The second-order valence-corrected chi connectivity index (χ2v) is 8.04. The summed E-state index contributed by atoms with van der Waals surface area (Å²) in [6, 6.07) is 18.4. The van der Waals surface area contributed by atoms with E-state index in [4.69, 9.17) is 14.2 Å². The maximum absolute atomic E-state index is 6.10. The SMILES string of the molecule is CN(C)c1cccc(Oc2nnnn2C2COC3C(NCc4ccccc4)COC32)c1. The van der Waals surface area contributed by atoms with Crippen molar-refractivity contribution in [3.8, 4) is 11.8 Å². The van der Waals surface area contributed by atoms with Crippen molar-refractivity contribution in [1.82, 2.24) is 25.5 Å². The first kappa shape index (κ1) is 19.9. The van der Waals surface area contributed by atoms with Crippen molar-refractivity contribution in [2.45, 2.75) is 30.8 Å². The second kappa shape index (κ2) is 8.62. The van der Waals surface area contributed by atoms with Crippen LogP contribution in [0.1, 0.15) is 11.6 Å². The van der Waals surface area contributed by atoms with Crippen LogP contribution in [-0.4, -0.2) is 65.8 Å². The number of aromatic nitrogens is 4. The zero-order chi connectivity index (χ0) is 21.2. The van der Waals surface area contributed by atoms with Crippen LogP contribution in [-0.2, 0) is 16.0 Å². The van der Waals surface area contributed by atoms with Crippen molar-refractivity contribution in [3.63, 3.8) is 0 Å². The molecule has 0 bridgehead atoms. The van der Waals surface area contributed by atoms with Gasteiger partial charge in [0.1, 0.15) is 24.0 Å². The average molecular weight is 422 g/mol. The van der Waals surface area contributed by atoms with E-state index in [0.717, 1.165) is 12.2 Å². The van der Waals surface area contributed by atoms with Crippen LogP contribution < -0.4 is 15.0 Å². The van der Waals surface area contributed by atoms with Crippen LogP contribution in [0.2, 0.25) is 0 Å². The summed E-state index contributed by atoms with van der Waals surface area (Å²) in [7, 11) is 3.97. The predicted molar refractivity (Wildman–Crippen MR) is 114 cm³/mol. The predicted octanol–water partition coefficient (Wildman–Crippen LogP) is 2.03. The van der Waals surface area contributed by atoms with Crippen molar-refractivity contribution in [2.75, 3.05) is 32.2 Å². The number of hydrogen-bond donors (Lipinski definition) is 1. The van der Waals surface area contributed by atoms with Crippen molar-refractivity contribution in [1.29, 1.82) is 0 Å². The number of benzene rings is 2. The Kier molecular flexibility index (Phi) is 5.54. The van der Waals surface area contributed by atoms with Crippen LogP contribution in [0.3, 0.4) is 0 Å². The quantitative estimate of drug-likeness (QED) is 0.619. The lowest BCUT2D eigenvalue weighted by molar-refractivity contribution is 0.0611. The molecule has 9 heteroatoms. The van der Waals surface area contributed by atoms with Gasteiger partial charge >= 0.3 is 6.01 Å². The Hall–Kier alpha value is -3.01. The molecule has 2 aliphatic heterocycles. The van der Waals surface area contributed by atoms with Crippen LogP contribution >= 0.6 is 0 Å². The third-order valence-electron chi connectivity index (χ3n) is 5.76. The summed E-state index contributed by atoms with van der Waals surface area (Å²) < 4.78 is 19.9. The molecule has 162 valence electrons. The van der Waals surface area contributed by atoms with E-state index in [0.29, 0.717) is 25.0 Å². The Morgan fingerprint density at radius 2 is 1.90 bits per heavy atom. The Morgan fingerprint density at radius 3 is 2.74 bits per heavy atom. The molecule has 0 radical (unpaired) electrons. The third-order valence-corrected chi connectivity index (χ3v) is 5.76. The fourth-order valence-electron chi connectivity index (χ4n) is 4.10. The molecule has 4 unspecified atom stereocenters. The molecular formula is C22H26N6O3. The topological polar surface area (TPSA) is 86.6 Å². The molecule has 31 heavy (non-hydrogen) atoms. The monoisotopic (exact) mass is 422 g/mol. The summed E-state index contributed by atoms with van der Waals surface area (Å²) in [5.41, 5.74) is 2.27. The Morgan fingerprint density at radius 1 is 1.06 bits per heavy atom. The molecule has 2 aliphatic rings. The third kappa shape index (κ3) is 4.12. The average Bonchev–Trinajstić information content (AvgIpc) is 3.50. The molecule has 1 aromatic heterocycles. The molecule has 3 heterocycles. The molecule has 4 atom stereocenters. The van der Waals surface area contributed by atoms with Crippen LogP contribution in [0, 0.1) is 0 Å². The van der Waals surface area contributed by atoms with E-state index in [1.807, 2.05) is 61.5 Å². The standard InChI is InChI=1S/C22H26N6O3/c1-27(2)16-9-6-10-17(11-16)31-22-24-25-26-28(22)19-14-30-20-18(13-29-21(19)20)23-12-15-7-4-3-5-8-15/h3-11,18-21,23H,12-14H2,1-2H3. The van der Waals surface area contributed by atoms with Gasteiger partial charge in [0.05, 0.1) is 19.3 Å². The minimum atomic E-state index is -0.143. The number of nitrogens with one attached hydrogen (secondary N) is 1. The molecule has 2 saturated heterocycles. The van der Waals surface area contributed by atoms with Crippen LogP contribution in [0.15, 0.2) is 54.6 Å². The number of ether oxygens (including phenoxy) is 3. The first-order valence-corrected chi connectivity index (χ1v) is 10.4. The molecular weight excluding hydrogens is 396 g/mol. The van der Waals surface area contributed by atoms with Crippen LogP contribution in [0.25, 0.3) is 0 Å². The molecule has 5 rings (SSSR count). The number of rotatable bonds is 7. The Labute approximate surface area is 180 Å². The largest absolute Gasteiger partial charge is 0.423 e. The number of anilines is 1. The van der Waals surface area contributed by atoms with Gasteiger partial charge in [0.2, 0.25) is 0 Å². The highest BCUT2D eigenvalue weighted by Crippen LogP contribution is 2.36. The van der Waals surface area contributed by atoms with Crippen molar-refractivity contribution in [3.05, 3.63) is 60.2 Å². The van der Waals surface area contributed by atoms with E-state index in [-0.39, 0.29) is 24.3 Å². The summed E-state index contributed by atoms with van der Waals surface area (Å²) in [5, 5.41) is 15.6. The minimum Gasteiger partial charge on any atom is -0.423 e. The fourth-order valence-corrected chi connectivity index (χ4v) is 4.10. The van der Waals surface area contributed by atoms with E-state index in [1.54, 1.807) is 4.68 Å². The van der Waals surface area contributed by atoms with Gasteiger partial charge in [-0.1, -0.05) is 41.5 Å². The fraction of sp³-hybridized carbons (Fsp3) is 0.409. The van der Waals surface area contributed by atoms with Crippen molar-refractivity contribution < 1.29 is 14.2 Å². The normalized spacial score (nSPS) is 24.8. The molecule has 2 fully saturated rings. The van der Waals surface area contributed by atoms with Gasteiger partial charge in [-0.3, -0.25) is 0 Å². The first-order chi connectivity index (χ1) is 15.2. The summed E-state index contributed by atoms with van der Waals surface area (Å²) in [6.45, 7) is 1.83. The highest BCUT2D eigenvalue weighted by atomic mass is 16.6. The molecule has 2 aromatic carbocycles. The van der Waals surface area contributed by atoms with Gasteiger partial charge in [0.15, 0.2) is 0 Å². The zero-order valence-electron chi connectivity index (χ0n) is 17.6. The molecule has 3 aromatic rings. The molecule has 0 saturated carbocycles. The molecule has 1 N–H and O–H groups in total. The number of nitrogens with zero attached hydrogens (tertiary/aromatic N) is 5. The number of tetrazole rings is 1. The first-order valence-electron chi connectivity index (χ1n) is 10.4. The van der Waals surface area contributed by atoms with E-state index >= 15 is 0 Å². The van der Waals surface area contributed by atoms with E-state index in [9.17, 15) is 0 Å². The lowest BCUT2D eigenvalue weighted by Gasteiger charge is -2.18. The lowest BCUT2D eigenvalue weighted by atomic mass is 10.1. The van der Waals surface area contributed by atoms with Gasteiger partial charge in [-0.15, -0.1) is 0 Å². The molecule has 9 nitrogen and oxygen atoms in total. The van der Waals surface area contributed by atoms with Gasteiger partial charge in [-0.05, 0) is 28.1 Å². The van der Waals surface area contributed by atoms with Gasteiger partial charge in [0.25, 0.3) is 0 Å². The van der Waals surface area contributed by atoms with Gasteiger partial charge in [0, 0.05) is 32.4 Å². The van der Waals surface area contributed by atoms with Gasteiger partial charge in [-0.2, -0.15) is 4.68 Å². The highest BCUT2D eigenvalue weighted by molar-refractivity contribution is 5.49. The summed E-state index contributed by atoms with van der Waals surface area (Å²) in [5.74, 6) is 0.674. The van der Waals surface area contributed by atoms with E-state index < -0.39 is 0 Å². The smallest absolute Gasteiger partial charge is 0.341 e. The second-order valence-electron chi connectivity index (χ2n) is 8.04. The number of fused-ring (bicyclic) bond motifs is 1. The summed E-state index contributed by atoms with van der Waals surface area (Å²) >= 11 is 0. The maximum atomic E-state index is 6.10. The Bertz CT molecular complexity index is 1010. The molecule has 0 aliphatic carbocycles. The Balaban J connectivity index is 1.26. The molecule has 0 amide bonds. The summed E-state index contributed by atoms with van der Waals surface area (Å²) in [4.78, 5) is 2.01.